The third-order valence-corrected chi connectivity index (χ3v) is 3.76. The van der Waals surface area contributed by atoms with Gasteiger partial charge < -0.3 is 19.5 Å². The highest BCUT2D eigenvalue weighted by Gasteiger charge is 2.43. The molecule has 1 aliphatic rings. The molecule has 0 radical (unpaired) electrons. The van der Waals surface area contributed by atoms with Gasteiger partial charge in [0.25, 0.3) is 5.91 Å². The number of hydrogen-bond donors (Lipinski definition) is 1. The van der Waals surface area contributed by atoms with Gasteiger partial charge in [-0.3, -0.25) is 9.59 Å². The highest BCUT2D eigenvalue weighted by Crippen LogP contribution is 2.24. The largest absolute Gasteiger partial charge is 0.481 e. The summed E-state index contributed by atoms with van der Waals surface area (Å²) in [6, 6.07) is -0.434. The summed E-state index contributed by atoms with van der Waals surface area (Å²) in [6.45, 7) is 3.96. The van der Waals surface area contributed by atoms with Gasteiger partial charge in [0.2, 0.25) is 0 Å². The molecule has 0 saturated carbocycles. The Morgan fingerprint density at radius 1 is 1.50 bits per heavy atom. The Hall–Kier alpha value is -1.14. The van der Waals surface area contributed by atoms with Crippen LogP contribution in [0.4, 0.5) is 0 Å². The van der Waals surface area contributed by atoms with Crippen LogP contribution in [0.3, 0.4) is 0 Å². The number of carbonyl (C=O) groups is 2. The van der Waals surface area contributed by atoms with Crippen molar-refractivity contribution < 1.29 is 24.2 Å². The van der Waals surface area contributed by atoms with Gasteiger partial charge in [-0.1, -0.05) is 6.92 Å². The number of carboxylic acid groups (broad SMARTS) is 1. The Morgan fingerprint density at radius 3 is 2.56 bits per heavy atom. The maximum absolute atomic E-state index is 12.3. The number of amides is 1. The summed E-state index contributed by atoms with van der Waals surface area (Å²) in [6.07, 6.45) is 0.526. The van der Waals surface area contributed by atoms with Crippen molar-refractivity contribution in [2.75, 3.05) is 27.4 Å². The molecule has 0 spiro atoms. The maximum atomic E-state index is 12.3. The van der Waals surface area contributed by atoms with E-state index in [0.717, 1.165) is 0 Å². The molecule has 6 heteroatoms. The first-order valence-corrected chi connectivity index (χ1v) is 6.00. The second-order valence-electron chi connectivity index (χ2n) is 4.75. The summed E-state index contributed by atoms with van der Waals surface area (Å²) in [7, 11) is 3.08. The Labute approximate surface area is 107 Å². The zero-order valence-electron chi connectivity index (χ0n) is 11.3. The highest BCUT2D eigenvalue weighted by atomic mass is 16.5. The molecule has 1 saturated heterocycles. The van der Waals surface area contributed by atoms with E-state index >= 15 is 0 Å². The van der Waals surface area contributed by atoms with E-state index in [9.17, 15) is 9.59 Å². The number of aliphatic carboxylic acids is 1. The molecule has 0 aromatic carbocycles. The lowest BCUT2D eigenvalue weighted by molar-refractivity contribution is -0.156. The van der Waals surface area contributed by atoms with Gasteiger partial charge in [-0.05, 0) is 13.3 Å². The summed E-state index contributed by atoms with van der Waals surface area (Å²) < 4.78 is 10.4. The van der Waals surface area contributed by atoms with Gasteiger partial charge in [-0.25, -0.2) is 0 Å². The highest BCUT2D eigenvalue weighted by molar-refractivity contribution is 5.85. The van der Waals surface area contributed by atoms with Crippen molar-refractivity contribution >= 4 is 11.9 Å². The van der Waals surface area contributed by atoms with Crippen molar-refractivity contribution in [2.45, 2.75) is 31.9 Å². The van der Waals surface area contributed by atoms with Gasteiger partial charge >= 0.3 is 5.97 Å². The monoisotopic (exact) mass is 259 g/mol. The van der Waals surface area contributed by atoms with Crippen LogP contribution in [0, 0.1) is 5.92 Å². The smallest absolute Gasteiger partial charge is 0.311 e. The van der Waals surface area contributed by atoms with Crippen molar-refractivity contribution in [1.29, 1.82) is 0 Å². The van der Waals surface area contributed by atoms with Crippen molar-refractivity contribution in [1.82, 2.24) is 4.90 Å². The molecule has 1 amide bonds. The fourth-order valence-electron chi connectivity index (χ4n) is 2.07. The molecule has 3 atom stereocenters. The average molecular weight is 259 g/mol. The van der Waals surface area contributed by atoms with Gasteiger partial charge in [-0.15, -0.1) is 0 Å². The minimum absolute atomic E-state index is 0.146. The number of likely N-dealkylation sites (N-methyl/N-ethyl adjacent to an activating group) is 1. The second-order valence-corrected chi connectivity index (χ2v) is 4.75. The molecule has 0 aromatic rings. The fraction of sp³-hybridized carbons (Fsp3) is 0.833. The summed E-state index contributed by atoms with van der Waals surface area (Å²) in [5.74, 6) is -1.82. The minimum atomic E-state index is -0.937. The van der Waals surface area contributed by atoms with E-state index in [2.05, 4.69) is 0 Å². The SMILES string of the molecule is CCC(C)(OC)C(=O)N(C)C1COCC1C(=O)O. The van der Waals surface area contributed by atoms with Crippen LogP contribution in [0.15, 0.2) is 0 Å². The number of carbonyl (C=O) groups excluding carboxylic acids is 1. The van der Waals surface area contributed by atoms with E-state index < -0.39 is 23.5 Å². The third-order valence-electron chi connectivity index (χ3n) is 3.76. The summed E-state index contributed by atoms with van der Waals surface area (Å²) in [5, 5.41) is 9.08. The van der Waals surface area contributed by atoms with Crippen molar-refractivity contribution in [3.8, 4) is 0 Å². The molecule has 1 N–H and O–H groups in total. The molecular weight excluding hydrogens is 238 g/mol. The van der Waals surface area contributed by atoms with Crippen molar-refractivity contribution in [2.24, 2.45) is 5.92 Å². The van der Waals surface area contributed by atoms with Crippen LogP contribution in [0.25, 0.3) is 0 Å². The molecule has 0 aliphatic carbocycles. The van der Waals surface area contributed by atoms with Crippen LogP contribution in [0.5, 0.6) is 0 Å². The van der Waals surface area contributed by atoms with E-state index in [0.29, 0.717) is 6.42 Å². The Morgan fingerprint density at radius 2 is 2.11 bits per heavy atom. The van der Waals surface area contributed by atoms with Gasteiger partial charge in [0.1, 0.15) is 11.5 Å². The molecule has 18 heavy (non-hydrogen) atoms. The lowest BCUT2D eigenvalue weighted by atomic mass is 9.97. The molecular formula is C12H21NO5. The molecule has 1 aliphatic heterocycles. The number of nitrogens with zero attached hydrogens (tertiary/aromatic N) is 1. The number of rotatable bonds is 5. The van der Waals surface area contributed by atoms with E-state index in [4.69, 9.17) is 14.6 Å². The maximum Gasteiger partial charge on any atom is 0.311 e. The van der Waals surface area contributed by atoms with E-state index in [1.54, 1.807) is 14.0 Å². The Balaban J connectivity index is 2.83. The second kappa shape index (κ2) is 5.67. The van der Waals surface area contributed by atoms with Crippen LogP contribution in [0.1, 0.15) is 20.3 Å². The van der Waals surface area contributed by atoms with Gasteiger partial charge in [0, 0.05) is 14.2 Å². The quantitative estimate of drug-likeness (QED) is 0.771. The topological polar surface area (TPSA) is 76.1 Å². The van der Waals surface area contributed by atoms with Crippen LogP contribution in [0.2, 0.25) is 0 Å². The average Bonchev–Trinajstić information content (AvgIpc) is 2.85. The lowest BCUT2D eigenvalue weighted by Crippen LogP contribution is -2.53. The predicted octanol–water partition coefficient (Wildman–Crippen LogP) is 0.360. The van der Waals surface area contributed by atoms with Gasteiger partial charge in [0.05, 0.1) is 19.3 Å². The summed E-state index contributed by atoms with van der Waals surface area (Å²) in [5.41, 5.74) is -0.916. The normalized spacial score (nSPS) is 26.7. The molecule has 1 fully saturated rings. The number of hydrogen-bond acceptors (Lipinski definition) is 4. The third kappa shape index (κ3) is 2.64. The van der Waals surface area contributed by atoms with Gasteiger partial charge in [0.15, 0.2) is 0 Å². The Kier molecular flexibility index (Phi) is 4.70. The van der Waals surface area contributed by atoms with Crippen molar-refractivity contribution in [3.05, 3.63) is 0 Å². The van der Waals surface area contributed by atoms with Crippen LogP contribution >= 0.6 is 0 Å². The van der Waals surface area contributed by atoms with Crippen LogP contribution in [-0.4, -0.2) is 60.9 Å². The zero-order valence-corrected chi connectivity index (χ0v) is 11.3. The fourth-order valence-corrected chi connectivity index (χ4v) is 2.07. The molecule has 1 heterocycles. The zero-order chi connectivity index (χ0) is 13.9. The Bertz CT molecular complexity index is 326. The van der Waals surface area contributed by atoms with E-state index in [-0.39, 0.29) is 19.1 Å². The van der Waals surface area contributed by atoms with Crippen molar-refractivity contribution in [3.63, 3.8) is 0 Å². The van der Waals surface area contributed by atoms with Gasteiger partial charge in [-0.2, -0.15) is 0 Å². The first-order chi connectivity index (χ1) is 8.37. The molecule has 104 valence electrons. The van der Waals surface area contributed by atoms with Crippen LogP contribution < -0.4 is 0 Å². The first kappa shape index (κ1) is 14.9. The number of carboxylic acids is 1. The van der Waals surface area contributed by atoms with E-state index in [1.165, 1.54) is 12.0 Å². The molecule has 1 rings (SSSR count). The molecule has 0 bridgehead atoms. The molecule has 6 nitrogen and oxygen atoms in total. The minimum Gasteiger partial charge on any atom is -0.481 e. The standard InChI is InChI=1S/C12H21NO5/c1-5-12(2,17-4)11(16)13(3)9-7-18-6-8(9)10(14)15/h8-9H,5-7H2,1-4H3,(H,14,15). The number of methoxy groups -OCH3 is 1. The van der Waals surface area contributed by atoms with Crippen LogP contribution in [-0.2, 0) is 19.1 Å². The number of ether oxygens (including phenoxy) is 2. The molecule has 3 unspecified atom stereocenters. The summed E-state index contributed by atoms with van der Waals surface area (Å²) in [4.78, 5) is 24.9. The lowest BCUT2D eigenvalue weighted by Gasteiger charge is -2.34. The van der Waals surface area contributed by atoms with E-state index in [1.807, 2.05) is 6.92 Å². The summed E-state index contributed by atoms with van der Waals surface area (Å²) >= 11 is 0. The first-order valence-electron chi connectivity index (χ1n) is 6.00. The molecule has 0 aromatic heterocycles. The predicted molar refractivity (Wildman–Crippen MR) is 64.2 cm³/mol.